The number of benzene rings is 1. The zero-order chi connectivity index (χ0) is 15.7. The van der Waals surface area contributed by atoms with Crippen molar-refractivity contribution in [1.29, 1.82) is 0 Å². The Morgan fingerprint density at radius 3 is 2.86 bits per heavy atom. The van der Waals surface area contributed by atoms with E-state index in [4.69, 9.17) is 4.98 Å². The Morgan fingerprint density at radius 2 is 2.18 bits per heavy atom. The second-order valence-corrected chi connectivity index (χ2v) is 8.11. The molecule has 0 amide bonds. The molecule has 0 saturated carbocycles. The number of fused-ring (bicyclic) bond motifs is 1. The summed E-state index contributed by atoms with van der Waals surface area (Å²) in [5.41, 5.74) is 2.57. The molecule has 2 aromatic rings. The van der Waals surface area contributed by atoms with E-state index >= 15 is 0 Å². The molecule has 4 heteroatoms. The number of piperidine rings is 1. The van der Waals surface area contributed by atoms with Crippen LogP contribution in [0.1, 0.15) is 43.3 Å². The van der Waals surface area contributed by atoms with Crippen molar-refractivity contribution < 1.29 is 0 Å². The van der Waals surface area contributed by atoms with Gasteiger partial charge in [0.2, 0.25) is 0 Å². The third-order valence-electron chi connectivity index (χ3n) is 4.87. The standard InChI is InChI=1S/C18H27N3S/c1-12-5-7-15(19-11-12)14-6-8-17-16(10-14)20-18(22-17)9-13(2)21(3)4/h6,8,10,12-13,15,19H,5,7,9,11H2,1-4H3/t12?,13-,15?/m1/s1. The fourth-order valence-corrected chi connectivity index (χ4v) is 4.08. The van der Waals surface area contributed by atoms with Crippen LogP contribution in [0.3, 0.4) is 0 Å². The molecule has 1 aliphatic heterocycles. The van der Waals surface area contributed by atoms with Gasteiger partial charge < -0.3 is 10.2 Å². The van der Waals surface area contributed by atoms with E-state index in [0.717, 1.165) is 18.9 Å². The molecule has 0 spiro atoms. The van der Waals surface area contributed by atoms with Gasteiger partial charge in [-0.1, -0.05) is 13.0 Å². The fraction of sp³-hybridized carbons (Fsp3) is 0.611. The summed E-state index contributed by atoms with van der Waals surface area (Å²) >= 11 is 1.84. The molecule has 0 bridgehead atoms. The van der Waals surface area contributed by atoms with Crippen molar-refractivity contribution >= 4 is 21.6 Å². The monoisotopic (exact) mass is 317 g/mol. The van der Waals surface area contributed by atoms with Crippen LogP contribution in [0, 0.1) is 5.92 Å². The minimum absolute atomic E-state index is 0.506. The SMILES string of the molecule is CC1CCC(c2ccc3sc(C[C@@H](C)N(C)C)nc3c2)NC1. The lowest BCUT2D eigenvalue weighted by Gasteiger charge is -2.28. The van der Waals surface area contributed by atoms with Gasteiger partial charge in [-0.3, -0.25) is 0 Å². The van der Waals surface area contributed by atoms with Gasteiger partial charge in [-0.25, -0.2) is 4.98 Å². The largest absolute Gasteiger partial charge is 0.310 e. The molecular formula is C18H27N3S. The lowest BCUT2D eigenvalue weighted by molar-refractivity contribution is 0.312. The third kappa shape index (κ3) is 3.50. The molecule has 3 nitrogen and oxygen atoms in total. The number of thiazole rings is 1. The van der Waals surface area contributed by atoms with Crippen LogP contribution in [0.2, 0.25) is 0 Å². The van der Waals surface area contributed by atoms with Crippen LogP contribution in [0.4, 0.5) is 0 Å². The molecule has 0 radical (unpaired) electrons. The minimum Gasteiger partial charge on any atom is -0.310 e. The molecule has 2 heterocycles. The molecular weight excluding hydrogens is 290 g/mol. The molecule has 1 N–H and O–H groups in total. The minimum atomic E-state index is 0.506. The highest BCUT2D eigenvalue weighted by molar-refractivity contribution is 7.18. The number of nitrogens with one attached hydrogen (secondary N) is 1. The average Bonchev–Trinajstić information content (AvgIpc) is 2.89. The van der Waals surface area contributed by atoms with E-state index in [1.807, 2.05) is 11.3 Å². The molecule has 2 unspecified atom stereocenters. The molecule has 3 rings (SSSR count). The number of hydrogen-bond donors (Lipinski definition) is 1. The molecule has 1 saturated heterocycles. The van der Waals surface area contributed by atoms with E-state index in [2.05, 4.69) is 56.4 Å². The number of hydrogen-bond acceptors (Lipinski definition) is 4. The normalized spacial score (nSPS) is 24.0. The quantitative estimate of drug-likeness (QED) is 0.928. The summed E-state index contributed by atoms with van der Waals surface area (Å²) in [7, 11) is 4.26. The van der Waals surface area contributed by atoms with Gasteiger partial charge in [-0.2, -0.15) is 0 Å². The van der Waals surface area contributed by atoms with Crippen molar-refractivity contribution in [3.05, 3.63) is 28.8 Å². The summed E-state index contributed by atoms with van der Waals surface area (Å²) in [6.45, 7) is 5.71. The van der Waals surface area contributed by atoms with Crippen molar-refractivity contribution in [3.8, 4) is 0 Å². The topological polar surface area (TPSA) is 28.2 Å². The Kier molecular flexibility index (Phi) is 4.81. The van der Waals surface area contributed by atoms with Crippen LogP contribution < -0.4 is 5.32 Å². The van der Waals surface area contributed by atoms with Gasteiger partial charge in [-0.05, 0) is 64.0 Å². The summed E-state index contributed by atoms with van der Waals surface area (Å²) in [5.74, 6) is 0.804. The van der Waals surface area contributed by atoms with Gasteiger partial charge in [-0.15, -0.1) is 11.3 Å². The highest BCUT2D eigenvalue weighted by atomic mass is 32.1. The molecule has 3 atom stereocenters. The van der Waals surface area contributed by atoms with Crippen molar-refractivity contribution in [1.82, 2.24) is 15.2 Å². The van der Waals surface area contributed by atoms with E-state index in [0.29, 0.717) is 12.1 Å². The Morgan fingerprint density at radius 1 is 1.36 bits per heavy atom. The summed E-state index contributed by atoms with van der Waals surface area (Å²) in [4.78, 5) is 7.12. The summed E-state index contributed by atoms with van der Waals surface area (Å²) in [6.07, 6.45) is 3.58. The molecule has 1 fully saturated rings. The average molecular weight is 318 g/mol. The maximum absolute atomic E-state index is 4.87. The first-order chi connectivity index (χ1) is 10.5. The maximum Gasteiger partial charge on any atom is 0.0954 e. The molecule has 0 aliphatic carbocycles. The van der Waals surface area contributed by atoms with E-state index in [9.17, 15) is 0 Å². The highest BCUT2D eigenvalue weighted by Gasteiger charge is 2.19. The summed E-state index contributed by atoms with van der Waals surface area (Å²) < 4.78 is 1.31. The second-order valence-electron chi connectivity index (χ2n) is 6.99. The molecule has 1 aliphatic rings. The zero-order valence-corrected chi connectivity index (χ0v) is 14.9. The first-order valence-electron chi connectivity index (χ1n) is 8.32. The van der Waals surface area contributed by atoms with E-state index in [1.165, 1.54) is 33.6 Å². The molecule has 1 aromatic heterocycles. The zero-order valence-electron chi connectivity index (χ0n) is 14.1. The highest BCUT2D eigenvalue weighted by Crippen LogP contribution is 2.30. The molecule has 22 heavy (non-hydrogen) atoms. The predicted octanol–water partition coefficient (Wildman–Crippen LogP) is 3.85. The van der Waals surface area contributed by atoms with Crippen LogP contribution in [0.15, 0.2) is 18.2 Å². The Balaban J connectivity index is 1.78. The Hall–Kier alpha value is -0.970. The van der Waals surface area contributed by atoms with Crippen molar-refractivity contribution in [3.63, 3.8) is 0 Å². The predicted molar refractivity (Wildman–Crippen MR) is 95.6 cm³/mol. The summed E-state index contributed by atoms with van der Waals surface area (Å²) in [6, 6.07) is 7.87. The smallest absolute Gasteiger partial charge is 0.0954 e. The molecule has 120 valence electrons. The summed E-state index contributed by atoms with van der Waals surface area (Å²) in [5, 5.41) is 4.92. The fourth-order valence-electron chi connectivity index (χ4n) is 3.01. The number of rotatable bonds is 4. The van der Waals surface area contributed by atoms with E-state index in [-0.39, 0.29) is 0 Å². The lowest BCUT2D eigenvalue weighted by atomic mass is 9.92. The van der Waals surface area contributed by atoms with E-state index in [1.54, 1.807) is 0 Å². The van der Waals surface area contributed by atoms with Gasteiger partial charge in [0.1, 0.15) is 0 Å². The number of likely N-dealkylation sites (N-methyl/N-ethyl adjacent to an activating group) is 1. The van der Waals surface area contributed by atoms with E-state index < -0.39 is 0 Å². The second kappa shape index (κ2) is 6.65. The van der Waals surface area contributed by atoms with Gasteiger partial charge in [0.25, 0.3) is 0 Å². The van der Waals surface area contributed by atoms with Gasteiger partial charge in [0.15, 0.2) is 0 Å². The van der Waals surface area contributed by atoms with Gasteiger partial charge >= 0.3 is 0 Å². The van der Waals surface area contributed by atoms with Crippen LogP contribution in [-0.4, -0.2) is 36.6 Å². The Bertz CT molecular complexity index is 626. The first-order valence-corrected chi connectivity index (χ1v) is 9.13. The first kappa shape index (κ1) is 15.9. The van der Waals surface area contributed by atoms with Crippen LogP contribution in [0.5, 0.6) is 0 Å². The van der Waals surface area contributed by atoms with Crippen molar-refractivity contribution in [2.75, 3.05) is 20.6 Å². The van der Waals surface area contributed by atoms with Crippen molar-refractivity contribution in [2.24, 2.45) is 5.92 Å². The van der Waals surface area contributed by atoms with Crippen LogP contribution in [0.25, 0.3) is 10.2 Å². The number of nitrogens with zero attached hydrogens (tertiary/aromatic N) is 2. The van der Waals surface area contributed by atoms with Crippen molar-refractivity contribution in [2.45, 2.75) is 45.2 Å². The van der Waals surface area contributed by atoms with Crippen LogP contribution in [-0.2, 0) is 6.42 Å². The molecule has 1 aromatic carbocycles. The number of aromatic nitrogens is 1. The van der Waals surface area contributed by atoms with Gasteiger partial charge in [0, 0.05) is 18.5 Å². The lowest BCUT2D eigenvalue weighted by Crippen LogP contribution is -2.31. The Labute approximate surface area is 137 Å². The van der Waals surface area contributed by atoms with Gasteiger partial charge in [0.05, 0.1) is 15.2 Å². The maximum atomic E-state index is 4.87. The third-order valence-corrected chi connectivity index (χ3v) is 5.93. The van der Waals surface area contributed by atoms with Crippen LogP contribution >= 0.6 is 11.3 Å².